The molecular weight excluding hydrogens is 295 g/mol. The van der Waals surface area contributed by atoms with E-state index >= 15 is 0 Å². The largest absolute Gasteiger partial charge is 0.490 e. The summed E-state index contributed by atoms with van der Waals surface area (Å²) in [5, 5.41) is 10.7. The molecule has 0 saturated carbocycles. The Hall–Kier alpha value is -1.98. The van der Waals surface area contributed by atoms with Crippen molar-refractivity contribution in [2.45, 2.75) is 25.5 Å². The minimum atomic E-state index is -0.900. The molecular formula is C18H21FN2O2. The number of aliphatic hydroxyl groups is 1. The third-order valence-corrected chi connectivity index (χ3v) is 4.23. The van der Waals surface area contributed by atoms with Crippen molar-refractivity contribution in [3.8, 4) is 5.75 Å². The Bertz CT molecular complexity index is 680. The van der Waals surface area contributed by atoms with E-state index in [0.717, 1.165) is 18.8 Å². The summed E-state index contributed by atoms with van der Waals surface area (Å²) in [6, 6.07) is 9.98. The van der Waals surface area contributed by atoms with Gasteiger partial charge in [0.15, 0.2) is 0 Å². The second kappa shape index (κ2) is 6.64. The molecule has 0 amide bonds. The maximum absolute atomic E-state index is 13.1. The Kier molecular flexibility index (Phi) is 4.59. The van der Waals surface area contributed by atoms with Gasteiger partial charge < -0.3 is 9.84 Å². The van der Waals surface area contributed by atoms with E-state index in [9.17, 15) is 9.50 Å². The molecule has 0 aliphatic carbocycles. The SMILES string of the molecule is Cc1ncccc1CN1CCC(O)(COc2cccc(F)c2)C1. The number of β-amino-alcohol motifs (C(OH)–C–C–N with tert-alkyl or cyclic N) is 1. The van der Waals surface area contributed by atoms with Gasteiger partial charge in [0.05, 0.1) is 0 Å². The van der Waals surface area contributed by atoms with Crippen LogP contribution < -0.4 is 4.74 Å². The van der Waals surface area contributed by atoms with Gasteiger partial charge in [0.25, 0.3) is 0 Å². The molecule has 1 atom stereocenters. The van der Waals surface area contributed by atoms with Crippen molar-refractivity contribution in [2.24, 2.45) is 0 Å². The number of hydrogen-bond donors (Lipinski definition) is 1. The number of rotatable bonds is 5. The number of likely N-dealkylation sites (tertiary alicyclic amines) is 1. The summed E-state index contributed by atoms with van der Waals surface area (Å²) in [7, 11) is 0. The molecule has 1 saturated heterocycles. The zero-order valence-electron chi connectivity index (χ0n) is 13.2. The summed E-state index contributed by atoms with van der Waals surface area (Å²) < 4.78 is 18.7. The van der Waals surface area contributed by atoms with Gasteiger partial charge in [-0.05, 0) is 37.1 Å². The predicted molar refractivity (Wildman–Crippen MR) is 85.7 cm³/mol. The summed E-state index contributed by atoms with van der Waals surface area (Å²) >= 11 is 0. The Morgan fingerprint density at radius 2 is 2.22 bits per heavy atom. The standard InChI is InChI=1S/C18H21FN2O2/c1-14-15(4-3-8-20-14)11-21-9-7-18(22,12-21)13-23-17-6-2-5-16(19)10-17/h2-6,8,10,22H,7,9,11-13H2,1H3. The third-order valence-electron chi connectivity index (χ3n) is 4.23. The van der Waals surface area contributed by atoms with Crippen molar-refractivity contribution in [1.29, 1.82) is 0 Å². The number of aryl methyl sites for hydroxylation is 1. The Labute approximate surface area is 135 Å². The summed E-state index contributed by atoms with van der Waals surface area (Å²) in [6.45, 7) is 4.26. The fraction of sp³-hybridized carbons (Fsp3) is 0.389. The molecule has 1 N–H and O–H groups in total. The molecule has 1 aliphatic rings. The monoisotopic (exact) mass is 316 g/mol. The highest BCUT2D eigenvalue weighted by atomic mass is 19.1. The highest BCUT2D eigenvalue weighted by Crippen LogP contribution is 2.25. The zero-order chi connectivity index (χ0) is 16.3. The van der Waals surface area contributed by atoms with Crippen molar-refractivity contribution < 1.29 is 14.2 Å². The number of halogens is 1. The number of aromatic nitrogens is 1. The molecule has 1 aliphatic heterocycles. The first kappa shape index (κ1) is 15.9. The number of benzene rings is 1. The summed E-state index contributed by atoms with van der Waals surface area (Å²) in [6.07, 6.45) is 2.42. The van der Waals surface area contributed by atoms with Gasteiger partial charge in [0.1, 0.15) is 23.8 Å². The van der Waals surface area contributed by atoms with E-state index in [2.05, 4.69) is 16.0 Å². The fourth-order valence-electron chi connectivity index (χ4n) is 2.89. The van der Waals surface area contributed by atoms with Crippen LogP contribution in [0.5, 0.6) is 5.75 Å². The van der Waals surface area contributed by atoms with Crippen molar-refractivity contribution >= 4 is 0 Å². The quantitative estimate of drug-likeness (QED) is 0.921. The number of nitrogens with zero attached hydrogens (tertiary/aromatic N) is 2. The zero-order valence-corrected chi connectivity index (χ0v) is 13.2. The predicted octanol–water partition coefficient (Wildman–Crippen LogP) is 2.54. The minimum absolute atomic E-state index is 0.166. The minimum Gasteiger partial charge on any atom is -0.490 e. The first-order valence-corrected chi connectivity index (χ1v) is 7.78. The summed E-state index contributed by atoms with van der Waals surface area (Å²) in [4.78, 5) is 6.49. The Morgan fingerprint density at radius 1 is 1.35 bits per heavy atom. The van der Waals surface area contributed by atoms with Crippen molar-refractivity contribution in [3.05, 3.63) is 59.7 Å². The number of pyridine rings is 1. The smallest absolute Gasteiger partial charge is 0.126 e. The molecule has 1 aromatic carbocycles. The van der Waals surface area contributed by atoms with E-state index in [1.165, 1.54) is 17.7 Å². The van der Waals surface area contributed by atoms with Crippen molar-refractivity contribution in [3.63, 3.8) is 0 Å². The van der Waals surface area contributed by atoms with Gasteiger partial charge in [-0.15, -0.1) is 0 Å². The van der Waals surface area contributed by atoms with E-state index in [-0.39, 0.29) is 12.4 Å². The third kappa shape index (κ3) is 4.06. The van der Waals surface area contributed by atoms with Gasteiger partial charge in [-0.3, -0.25) is 9.88 Å². The lowest BCUT2D eigenvalue weighted by Crippen LogP contribution is -2.39. The van der Waals surface area contributed by atoms with Gasteiger partial charge in [-0.2, -0.15) is 0 Å². The second-order valence-corrected chi connectivity index (χ2v) is 6.18. The molecule has 0 bridgehead atoms. The molecule has 1 unspecified atom stereocenters. The lowest BCUT2D eigenvalue weighted by Gasteiger charge is -2.24. The lowest BCUT2D eigenvalue weighted by atomic mass is 10.1. The van der Waals surface area contributed by atoms with Crippen LogP contribution in [-0.2, 0) is 6.54 Å². The van der Waals surface area contributed by atoms with Gasteiger partial charge in [-0.1, -0.05) is 12.1 Å². The van der Waals surface area contributed by atoms with Crippen LogP contribution in [-0.4, -0.2) is 40.3 Å². The molecule has 3 rings (SSSR count). The maximum Gasteiger partial charge on any atom is 0.126 e. The van der Waals surface area contributed by atoms with Crippen LogP contribution in [0.1, 0.15) is 17.7 Å². The van der Waals surface area contributed by atoms with Crippen LogP contribution in [0.15, 0.2) is 42.6 Å². The van der Waals surface area contributed by atoms with Crippen LogP contribution in [0.25, 0.3) is 0 Å². The van der Waals surface area contributed by atoms with E-state index < -0.39 is 5.60 Å². The first-order valence-electron chi connectivity index (χ1n) is 7.78. The van der Waals surface area contributed by atoms with Gasteiger partial charge >= 0.3 is 0 Å². The topological polar surface area (TPSA) is 45.6 Å². The molecule has 2 aromatic rings. The summed E-state index contributed by atoms with van der Waals surface area (Å²) in [5.41, 5.74) is 1.28. The molecule has 23 heavy (non-hydrogen) atoms. The molecule has 5 heteroatoms. The van der Waals surface area contributed by atoms with Crippen LogP contribution in [0.3, 0.4) is 0 Å². The van der Waals surface area contributed by atoms with Crippen LogP contribution in [0.4, 0.5) is 4.39 Å². The highest BCUT2D eigenvalue weighted by molar-refractivity contribution is 5.23. The lowest BCUT2D eigenvalue weighted by molar-refractivity contribution is 0.00327. The van der Waals surface area contributed by atoms with Crippen LogP contribution in [0, 0.1) is 12.7 Å². The van der Waals surface area contributed by atoms with Gasteiger partial charge in [0.2, 0.25) is 0 Å². The van der Waals surface area contributed by atoms with E-state index in [0.29, 0.717) is 18.7 Å². The van der Waals surface area contributed by atoms with Crippen molar-refractivity contribution in [1.82, 2.24) is 9.88 Å². The molecule has 1 fully saturated rings. The Balaban J connectivity index is 1.56. The van der Waals surface area contributed by atoms with Gasteiger partial charge in [-0.25, -0.2) is 4.39 Å². The van der Waals surface area contributed by atoms with Gasteiger partial charge in [0, 0.05) is 37.6 Å². The molecule has 2 heterocycles. The van der Waals surface area contributed by atoms with Crippen LogP contribution in [0.2, 0.25) is 0 Å². The Morgan fingerprint density at radius 3 is 3.00 bits per heavy atom. The highest BCUT2D eigenvalue weighted by Gasteiger charge is 2.37. The molecule has 0 radical (unpaired) electrons. The van der Waals surface area contributed by atoms with E-state index in [1.807, 2.05) is 13.0 Å². The molecule has 0 spiro atoms. The number of hydrogen-bond acceptors (Lipinski definition) is 4. The molecule has 1 aromatic heterocycles. The van der Waals surface area contributed by atoms with E-state index in [4.69, 9.17) is 4.74 Å². The molecule has 4 nitrogen and oxygen atoms in total. The fourth-order valence-corrected chi connectivity index (χ4v) is 2.89. The number of ether oxygens (including phenoxy) is 1. The van der Waals surface area contributed by atoms with Crippen molar-refractivity contribution in [2.75, 3.05) is 19.7 Å². The average Bonchev–Trinajstić information content (AvgIpc) is 2.90. The summed E-state index contributed by atoms with van der Waals surface area (Å²) in [5.74, 6) is 0.106. The maximum atomic E-state index is 13.1. The normalized spacial score (nSPS) is 21.5. The second-order valence-electron chi connectivity index (χ2n) is 6.18. The average molecular weight is 316 g/mol. The van der Waals surface area contributed by atoms with E-state index in [1.54, 1.807) is 18.3 Å². The molecule has 122 valence electrons. The first-order chi connectivity index (χ1) is 11.0. The van der Waals surface area contributed by atoms with Crippen LogP contribution >= 0.6 is 0 Å².